The number of carbonyl (C=O) groups is 3. The van der Waals surface area contributed by atoms with Crippen LogP contribution in [0.2, 0.25) is 0 Å². The number of unbranched alkanes of at least 4 members (excludes halogenated alkanes) is 26. The SMILES string of the molecule is CC/C=C\C/C=C\C/C=C\C/C=C\C/C=C\CCCCCCCCCC(=O)OCC(COC(=O)CCCCCCCCCCC)OC(=O)CCCCCCCCC/C=C\C/C=C\CCCCCC. The van der Waals surface area contributed by atoms with Gasteiger partial charge in [-0.3, -0.25) is 14.4 Å². The number of rotatable bonds is 51. The van der Waals surface area contributed by atoms with Gasteiger partial charge in [-0.2, -0.15) is 0 Å². The third kappa shape index (κ3) is 53.5. The standard InChI is InChI=1S/C62H106O6/c1-4-7-10-13-16-19-21-23-25-27-29-30-31-32-33-35-36-38-40-43-46-49-52-55-61(64)67-58-59(57-66-60(63)54-51-48-45-42-18-15-12-9-6-3)68-62(65)56-53-50-47-44-41-39-37-34-28-26-24-22-20-17-14-11-8-5-2/h7,10,16,19-20,22-23,25-26,28-30,32-33,59H,4-6,8-9,11-15,17-18,21,24,27,31,34-58H2,1-3H3/b10-7-,19-16-,22-20-,25-23-,28-26-,30-29-,33-32-. The van der Waals surface area contributed by atoms with E-state index in [-0.39, 0.29) is 31.1 Å². The largest absolute Gasteiger partial charge is 0.462 e. The Morgan fingerprint density at radius 2 is 0.574 bits per heavy atom. The van der Waals surface area contributed by atoms with E-state index in [9.17, 15) is 14.4 Å². The summed E-state index contributed by atoms with van der Waals surface area (Å²) in [4.78, 5) is 38.0. The van der Waals surface area contributed by atoms with E-state index in [1.807, 2.05) is 0 Å². The van der Waals surface area contributed by atoms with E-state index in [0.29, 0.717) is 19.3 Å². The summed E-state index contributed by atoms with van der Waals surface area (Å²) >= 11 is 0. The van der Waals surface area contributed by atoms with E-state index in [0.717, 1.165) is 109 Å². The number of esters is 3. The predicted molar refractivity (Wildman–Crippen MR) is 293 cm³/mol. The molecule has 6 heteroatoms. The van der Waals surface area contributed by atoms with Crippen LogP contribution in [0.25, 0.3) is 0 Å². The van der Waals surface area contributed by atoms with Crippen LogP contribution in [0, 0.1) is 0 Å². The molecule has 0 amide bonds. The molecule has 6 nitrogen and oxygen atoms in total. The van der Waals surface area contributed by atoms with Crippen LogP contribution in [0.5, 0.6) is 0 Å². The summed E-state index contributed by atoms with van der Waals surface area (Å²) in [5.74, 6) is -0.899. The highest BCUT2D eigenvalue weighted by molar-refractivity contribution is 5.71. The first kappa shape index (κ1) is 64.6. The zero-order valence-corrected chi connectivity index (χ0v) is 44.6. The Hall–Kier alpha value is -3.41. The van der Waals surface area contributed by atoms with E-state index in [4.69, 9.17) is 14.2 Å². The topological polar surface area (TPSA) is 78.9 Å². The fourth-order valence-corrected chi connectivity index (χ4v) is 7.85. The second kappa shape index (κ2) is 56.2. The molecule has 0 saturated carbocycles. The summed E-state index contributed by atoms with van der Waals surface area (Å²) in [6.07, 6.45) is 72.9. The van der Waals surface area contributed by atoms with Crippen LogP contribution in [0.3, 0.4) is 0 Å². The minimum Gasteiger partial charge on any atom is -0.462 e. The zero-order valence-electron chi connectivity index (χ0n) is 44.6. The molecule has 1 unspecified atom stereocenters. The molecule has 0 aliphatic carbocycles. The maximum absolute atomic E-state index is 12.8. The lowest BCUT2D eigenvalue weighted by Crippen LogP contribution is -2.30. The molecule has 0 bridgehead atoms. The van der Waals surface area contributed by atoms with Crippen LogP contribution >= 0.6 is 0 Å². The van der Waals surface area contributed by atoms with E-state index in [1.165, 1.54) is 122 Å². The average Bonchev–Trinajstić information content (AvgIpc) is 3.34. The summed E-state index contributed by atoms with van der Waals surface area (Å²) in [6.45, 7) is 6.48. The highest BCUT2D eigenvalue weighted by atomic mass is 16.6. The van der Waals surface area contributed by atoms with Crippen molar-refractivity contribution >= 4 is 17.9 Å². The lowest BCUT2D eigenvalue weighted by molar-refractivity contribution is -0.167. The molecule has 0 aromatic rings. The highest BCUT2D eigenvalue weighted by Gasteiger charge is 2.19. The Kier molecular flexibility index (Phi) is 53.4. The molecular formula is C62H106O6. The number of carbonyl (C=O) groups excluding carboxylic acids is 3. The number of hydrogen-bond donors (Lipinski definition) is 0. The summed E-state index contributed by atoms with van der Waals surface area (Å²) in [6, 6.07) is 0. The third-order valence-electron chi connectivity index (χ3n) is 12.1. The van der Waals surface area contributed by atoms with Crippen molar-refractivity contribution in [3.8, 4) is 0 Å². The molecule has 0 heterocycles. The fourth-order valence-electron chi connectivity index (χ4n) is 7.85. The second-order valence-corrected chi connectivity index (χ2v) is 18.8. The van der Waals surface area contributed by atoms with Crippen molar-refractivity contribution in [3.05, 3.63) is 85.1 Å². The molecule has 0 spiro atoms. The minimum absolute atomic E-state index is 0.0820. The van der Waals surface area contributed by atoms with Crippen LogP contribution in [0.1, 0.15) is 271 Å². The molecule has 0 aliphatic rings. The summed E-state index contributed by atoms with van der Waals surface area (Å²) < 4.78 is 16.8. The van der Waals surface area contributed by atoms with Crippen molar-refractivity contribution in [2.75, 3.05) is 13.2 Å². The molecule has 390 valence electrons. The first-order chi connectivity index (χ1) is 33.5. The van der Waals surface area contributed by atoms with E-state index in [1.54, 1.807) is 0 Å². The maximum Gasteiger partial charge on any atom is 0.306 e. The van der Waals surface area contributed by atoms with Crippen molar-refractivity contribution in [1.29, 1.82) is 0 Å². The molecule has 0 rings (SSSR count). The van der Waals surface area contributed by atoms with Gasteiger partial charge in [0.15, 0.2) is 6.10 Å². The molecule has 0 aliphatic heterocycles. The molecule has 0 fully saturated rings. The Morgan fingerprint density at radius 3 is 0.912 bits per heavy atom. The van der Waals surface area contributed by atoms with Gasteiger partial charge in [-0.15, -0.1) is 0 Å². The Labute approximate surface area is 420 Å². The Balaban J connectivity index is 4.31. The van der Waals surface area contributed by atoms with Gasteiger partial charge in [0.1, 0.15) is 13.2 Å². The van der Waals surface area contributed by atoms with Crippen molar-refractivity contribution in [2.24, 2.45) is 0 Å². The average molecular weight is 948 g/mol. The van der Waals surface area contributed by atoms with Gasteiger partial charge in [0, 0.05) is 19.3 Å². The van der Waals surface area contributed by atoms with E-state index >= 15 is 0 Å². The Bertz CT molecular complexity index is 1320. The molecule has 68 heavy (non-hydrogen) atoms. The molecule has 0 saturated heterocycles. The van der Waals surface area contributed by atoms with Crippen molar-refractivity contribution < 1.29 is 28.6 Å². The van der Waals surface area contributed by atoms with E-state index < -0.39 is 6.10 Å². The third-order valence-corrected chi connectivity index (χ3v) is 12.1. The van der Waals surface area contributed by atoms with Gasteiger partial charge in [0.05, 0.1) is 0 Å². The molecule has 0 aromatic carbocycles. The molecule has 0 radical (unpaired) electrons. The van der Waals surface area contributed by atoms with Gasteiger partial charge in [0.2, 0.25) is 0 Å². The van der Waals surface area contributed by atoms with Gasteiger partial charge in [-0.05, 0) is 96.3 Å². The van der Waals surface area contributed by atoms with Gasteiger partial charge in [0.25, 0.3) is 0 Å². The van der Waals surface area contributed by atoms with E-state index in [2.05, 4.69) is 106 Å². The van der Waals surface area contributed by atoms with Gasteiger partial charge in [-0.1, -0.05) is 241 Å². The van der Waals surface area contributed by atoms with Gasteiger partial charge >= 0.3 is 17.9 Å². The smallest absolute Gasteiger partial charge is 0.306 e. The van der Waals surface area contributed by atoms with Crippen LogP contribution in [0.15, 0.2) is 85.1 Å². The maximum atomic E-state index is 12.8. The minimum atomic E-state index is -0.784. The molecule has 1 atom stereocenters. The van der Waals surface area contributed by atoms with Crippen molar-refractivity contribution in [3.63, 3.8) is 0 Å². The predicted octanol–water partition coefficient (Wildman–Crippen LogP) is 19.2. The quantitative estimate of drug-likeness (QED) is 0.0262. The first-order valence-corrected chi connectivity index (χ1v) is 28.6. The summed E-state index contributed by atoms with van der Waals surface area (Å²) in [5, 5.41) is 0. The number of ether oxygens (including phenoxy) is 3. The first-order valence-electron chi connectivity index (χ1n) is 28.6. The fraction of sp³-hybridized carbons (Fsp3) is 0.726. The summed E-state index contributed by atoms with van der Waals surface area (Å²) in [5.41, 5.74) is 0. The van der Waals surface area contributed by atoms with Crippen LogP contribution in [0.4, 0.5) is 0 Å². The number of hydrogen-bond acceptors (Lipinski definition) is 6. The lowest BCUT2D eigenvalue weighted by atomic mass is 10.1. The van der Waals surface area contributed by atoms with Crippen molar-refractivity contribution in [1.82, 2.24) is 0 Å². The van der Waals surface area contributed by atoms with Crippen LogP contribution in [-0.2, 0) is 28.6 Å². The molecular weight excluding hydrogens is 841 g/mol. The molecule has 0 aromatic heterocycles. The highest BCUT2D eigenvalue weighted by Crippen LogP contribution is 2.15. The Morgan fingerprint density at radius 1 is 0.309 bits per heavy atom. The van der Waals surface area contributed by atoms with Crippen LogP contribution < -0.4 is 0 Å². The number of allylic oxidation sites excluding steroid dienone is 14. The molecule has 0 N–H and O–H groups in total. The lowest BCUT2D eigenvalue weighted by Gasteiger charge is -2.18. The van der Waals surface area contributed by atoms with Gasteiger partial charge in [-0.25, -0.2) is 0 Å². The zero-order chi connectivity index (χ0) is 49.3. The normalized spacial score (nSPS) is 12.7. The van der Waals surface area contributed by atoms with Crippen molar-refractivity contribution in [2.45, 2.75) is 277 Å². The monoisotopic (exact) mass is 947 g/mol. The van der Waals surface area contributed by atoms with Crippen LogP contribution in [-0.4, -0.2) is 37.2 Å². The van der Waals surface area contributed by atoms with Gasteiger partial charge < -0.3 is 14.2 Å². The summed E-state index contributed by atoms with van der Waals surface area (Å²) in [7, 11) is 0. The second-order valence-electron chi connectivity index (χ2n) is 18.8.